The fourth-order valence-electron chi connectivity index (χ4n) is 2.96. The molecule has 1 atom stereocenters. The molecule has 0 radical (unpaired) electrons. The van der Waals surface area contributed by atoms with E-state index in [0.29, 0.717) is 17.9 Å². The summed E-state index contributed by atoms with van der Waals surface area (Å²) in [5.74, 6) is -0.129. The van der Waals surface area contributed by atoms with Gasteiger partial charge >= 0.3 is 5.97 Å². The molecule has 1 heterocycles. The Bertz CT molecular complexity index is 687. The lowest BCUT2D eigenvalue weighted by atomic mass is 9.77. The van der Waals surface area contributed by atoms with E-state index in [4.69, 9.17) is 9.57 Å². The maximum absolute atomic E-state index is 12.0. The van der Waals surface area contributed by atoms with Gasteiger partial charge in [0.1, 0.15) is 5.75 Å². The Morgan fingerprint density at radius 1 is 1.16 bits per heavy atom. The number of phenols is 1. The van der Waals surface area contributed by atoms with Crippen LogP contribution in [0.3, 0.4) is 0 Å². The summed E-state index contributed by atoms with van der Waals surface area (Å²) in [6.45, 7) is 14.0. The Hall–Kier alpha value is -2.04. The van der Waals surface area contributed by atoms with Crippen LogP contribution >= 0.6 is 0 Å². The number of benzene rings is 1. The predicted octanol–water partition coefficient (Wildman–Crippen LogP) is 4.04. The van der Waals surface area contributed by atoms with Crippen LogP contribution < -0.4 is 0 Å². The highest BCUT2D eigenvalue weighted by atomic mass is 16.7. The van der Waals surface area contributed by atoms with E-state index in [1.807, 2.05) is 12.1 Å². The van der Waals surface area contributed by atoms with E-state index in [9.17, 15) is 9.90 Å². The van der Waals surface area contributed by atoms with E-state index in [1.54, 1.807) is 6.92 Å². The molecule has 1 aromatic carbocycles. The number of esters is 1. The number of rotatable bonds is 2. The summed E-state index contributed by atoms with van der Waals surface area (Å²) in [5.41, 5.74) is 1.68. The molecule has 1 aliphatic heterocycles. The van der Waals surface area contributed by atoms with Gasteiger partial charge in [-0.15, -0.1) is 0 Å². The van der Waals surface area contributed by atoms with Gasteiger partial charge in [0.25, 0.3) is 0 Å². The lowest BCUT2D eigenvalue weighted by molar-refractivity contribution is -0.164. The Morgan fingerprint density at radius 3 is 2.04 bits per heavy atom. The molecular formula is C20H29NO4. The van der Waals surface area contributed by atoms with Crippen LogP contribution in [-0.4, -0.2) is 29.5 Å². The van der Waals surface area contributed by atoms with Gasteiger partial charge in [-0.1, -0.05) is 46.7 Å². The van der Waals surface area contributed by atoms with E-state index in [1.165, 1.54) is 7.11 Å². The molecule has 0 aliphatic carbocycles. The fourth-order valence-corrected chi connectivity index (χ4v) is 2.96. The minimum absolute atomic E-state index is 0.230. The van der Waals surface area contributed by atoms with Gasteiger partial charge in [0, 0.05) is 23.1 Å². The average molecular weight is 347 g/mol. The van der Waals surface area contributed by atoms with E-state index in [2.05, 4.69) is 46.7 Å². The highest BCUT2D eigenvalue weighted by Gasteiger charge is 2.43. The van der Waals surface area contributed by atoms with Gasteiger partial charge in [0.2, 0.25) is 5.60 Å². The second-order valence-corrected chi connectivity index (χ2v) is 8.95. The third-order valence-corrected chi connectivity index (χ3v) is 4.54. The molecular weight excluding hydrogens is 318 g/mol. The number of hydrogen-bond donors (Lipinski definition) is 1. The minimum atomic E-state index is -1.11. The van der Waals surface area contributed by atoms with Crippen LogP contribution in [0.5, 0.6) is 5.75 Å². The van der Waals surface area contributed by atoms with Crippen molar-refractivity contribution in [3.63, 3.8) is 0 Å². The van der Waals surface area contributed by atoms with Crippen molar-refractivity contribution in [2.45, 2.75) is 71.3 Å². The molecule has 25 heavy (non-hydrogen) atoms. The second kappa shape index (κ2) is 6.04. The smallest absolute Gasteiger partial charge is 0.353 e. The van der Waals surface area contributed by atoms with Crippen molar-refractivity contribution in [2.24, 2.45) is 5.16 Å². The zero-order valence-corrected chi connectivity index (χ0v) is 16.5. The highest BCUT2D eigenvalue weighted by molar-refractivity contribution is 6.05. The monoisotopic (exact) mass is 347 g/mol. The van der Waals surface area contributed by atoms with Crippen molar-refractivity contribution in [1.82, 2.24) is 0 Å². The van der Waals surface area contributed by atoms with Gasteiger partial charge in [-0.05, 0) is 29.9 Å². The van der Waals surface area contributed by atoms with E-state index in [-0.39, 0.29) is 10.8 Å². The molecule has 0 spiro atoms. The molecule has 5 nitrogen and oxygen atoms in total. The molecule has 5 heteroatoms. The van der Waals surface area contributed by atoms with Crippen molar-refractivity contribution >= 4 is 11.7 Å². The van der Waals surface area contributed by atoms with Gasteiger partial charge in [-0.2, -0.15) is 0 Å². The average Bonchev–Trinajstić information content (AvgIpc) is 2.88. The lowest BCUT2D eigenvalue weighted by Crippen LogP contribution is -2.36. The number of phenolic OH excluding ortho intramolecular Hbond substituents is 1. The summed E-state index contributed by atoms with van der Waals surface area (Å²) in [6.07, 6.45) is 0.331. The van der Waals surface area contributed by atoms with Crippen molar-refractivity contribution in [3.05, 3.63) is 28.8 Å². The second-order valence-electron chi connectivity index (χ2n) is 8.95. The molecule has 0 amide bonds. The third-order valence-electron chi connectivity index (χ3n) is 4.54. The first-order valence-electron chi connectivity index (χ1n) is 8.51. The first kappa shape index (κ1) is 19.3. The largest absolute Gasteiger partial charge is 0.507 e. The zero-order valence-electron chi connectivity index (χ0n) is 16.5. The maximum atomic E-state index is 12.0. The highest BCUT2D eigenvalue weighted by Crippen LogP contribution is 2.41. The normalized spacial score (nSPS) is 20.9. The fraction of sp³-hybridized carbons (Fsp3) is 0.600. The lowest BCUT2D eigenvalue weighted by Gasteiger charge is -2.28. The van der Waals surface area contributed by atoms with Gasteiger partial charge in [-0.25, -0.2) is 4.79 Å². The maximum Gasteiger partial charge on any atom is 0.353 e. The van der Waals surface area contributed by atoms with Crippen LogP contribution in [0.25, 0.3) is 0 Å². The predicted molar refractivity (Wildman–Crippen MR) is 98.2 cm³/mol. The summed E-state index contributed by atoms with van der Waals surface area (Å²) in [6, 6.07) is 3.88. The summed E-state index contributed by atoms with van der Waals surface area (Å²) in [4.78, 5) is 17.4. The van der Waals surface area contributed by atoms with E-state index >= 15 is 0 Å². The first-order chi connectivity index (χ1) is 11.3. The zero-order chi connectivity index (χ0) is 19.2. The molecule has 0 aromatic heterocycles. The van der Waals surface area contributed by atoms with Crippen LogP contribution in [0.4, 0.5) is 0 Å². The number of hydrogen-bond acceptors (Lipinski definition) is 5. The van der Waals surface area contributed by atoms with E-state index < -0.39 is 11.6 Å². The van der Waals surface area contributed by atoms with Crippen molar-refractivity contribution in [3.8, 4) is 5.75 Å². The van der Waals surface area contributed by atoms with Crippen LogP contribution in [0.15, 0.2) is 17.3 Å². The molecule has 1 unspecified atom stereocenters. The number of carbonyl (C=O) groups excluding carboxylic acids is 1. The standard InChI is InChI=1S/C20H29NO4/c1-18(2,3)13-9-12(10-14(16(13)22)19(4,5)6)15-11-20(7,25-21-15)17(23)24-8/h9-10,22H,11H2,1-8H3. The first-order valence-corrected chi connectivity index (χ1v) is 8.51. The summed E-state index contributed by atoms with van der Waals surface area (Å²) in [5, 5.41) is 14.9. The summed E-state index contributed by atoms with van der Waals surface area (Å²) < 4.78 is 4.82. The van der Waals surface area contributed by atoms with Gasteiger partial charge < -0.3 is 14.7 Å². The topological polar surface area (TPSA) is 68.1 Å². The Balaban J connectivity index is 2.55. The van der Waals surface area contributed by atoms with Crippen LogP contribution in [0, 0.1) is 0 Å². The Labute approximate surface area is 150 Å². The van der Waals surface area contributed by atoms with E-state index in [0.717, 1.165) is 16.7 Å². The van der Waals surface area contributed by atoms with Gasteiger partial charge in [-0.3, -0.25) is 0 Å². The van der Waals surface area contributed by atoms with Crippen LogP contribution in [0.1, 0.15) is 71.6 Å². The molecule has 0 bridgehead atoms. The molecule has 138 valence electrons. The quantitative estimate of drug-likeness (QED) is 0.820. The van der Waals surface area contributed by atoms with Crippen LogP contribution in [-0.2, 0) is 25.2 Å². The Morgan fingerprint density at radius 2 is 1.64 bits per heavy atom. The molecule has 0 fully saturated rings. The van der Waals surface area contributed by atoms with Gasteiger partial charge in [0.05, 0.1) is 12.8 Å². The number of aromatic hydroxyl groups is 1. The van der Waals surface area contributed by atoms with Crippen molar-refractivity contribution < 1.29 is 19.5 Å². The number of methoxy groups -OCH3 is 1. The molecule has 2 rings (SSSR count). The molecule has 1 aliphatic rings. The summed E-state index contributed by atoms with van der Waals surface area (Å²) >= 11 is 0. The molecule has 1 aromatic rings. The Kier molecular flexibility index (Phi) is 4.66. The number of oxime groups is 1. The minimum Gasteiger partial charge on any atom is -0.507 e. The molecule has 0 saturated carbocycles. The van der Waals surface area contributed by atoms with Crippen LogP contribution in [0.2, 0.25) is 0 Å². The third kappa shape index (κ3) is 3.65. The number of carbonyl (C=O) groups is 1. The summed E-state index contributed by atoms with van der Waals surface area (Å²) in [7, 11) is 1.34. The molecule has 0 saturated heterocycles. The molecule has 1 N–H and O–H groups in total. The van der Waals surface area contributed by atoms with Crippen molar-refractivity contribution in [1.29, 1.82) is 0 Å². The number of ether oxygens (including phenoxy) is 1. The van der Waals surface area contributed by atoms with Crippen molar-refractivity contribution in [2.75, 3.05) is 7.11 Å². The number of nitrogens with zero attached hydrogens (tertiary/aromatic N) is 1. The SMILES string of the molecule is COC(=O)C1(C)CC(c2cc(C(C)(C)C)c(O)c(C(C)(C)C)c2)=NO1. The van der Waals surface area contributed by atoms with Gasteiger partial charge in [0.15, 0.2) is 0 Å².